The zero-order valence-electron chi connectivity index (χ0n) is 11.5. The lowest BCUT2D eigenvalue weighted by molar-refractivity contribution is -0.142. The molecule has 1 saturated heterocycles. The molecule has 0 saturated carbocycles. The third-order valence-electron chi connectivity index (χ3n) is 3.57. The van der Waals surface area contributed by atoms with Crippen molar-refractivity contribution in [3.05, 3.63) is 35.9 Å². The number of sulfone groups is 1. The molecule has 1 aliphatic rings. The first-order valence-corrected chi connectivity index (χ1v) is 8.39. The van der Waals surface area contributed by atoms with E-state index < -0.39 is 9.84 Å². The molecule has 0 N–H and O–H groups in total. The molecule has 0 bridgehead atoms. The molecular weight excluding hydrogens is 278 g/mol. The number of rotatable bonds is 4. The van der Waals surface area contributed by atoms with Crippen LogP contribution in [0.4, 0.5) is 0 Å². The van der Waals surface area contributed by atoms with Gasteiger partial charge >= 0.3 is 5.97 Å². The van der Waals surface area contributed by atoms with Crippen LogP contribution in [0.15, 0.2) is 30.3 Å². The van der Waals surface area contributed by atoms with E-state index in [2.05, 4.69) is 0 Å². The first-order valence-electron chi connectivity index (χ1n) is 6.57. The molecule has 1 aromatic carbocycles. The maximum Gasteiger partial charge on any atom is 0.314 e. The van der Waals surface area contributed by atoms with Crippen LogP contribution in [0, 0.1) is 0 Å². The van der Waals surface area contributed by atoms with E-state index in [4.69, 9.17) is 4.74 Å². The zero-order valence-corrected chi connectivity index (χ0v) is 12.3. The largest absolute Gasteiger partial charge is 0.469 e. The highest BCUT2D eigenvalue weighted by atomic mass is 32.2. The third-order valence-corrected chi connectivity index (χ3v) is 5.17. The molecule has 0 amide bonds. The van der Waals surface area contributed by atoms with Crippen molar-refractivity contribution in [3.8, 4) is 0 Å². The van der Waals surface area contributed by atoms with Crippen molar-refractivity contribution >= 4 is 15.8 Å². The molecule has 0 aliphatic carbocycles. The molecule has 1 aromatic rings. The van der Waals surface area contributed by atoms with E-state index in [9.17, 15) is 13.2 Å². The minimum Gasteiger partial charge on any atom is -0.469 e. The summed E-state index contributed by atoms with van der Waals surface area (Å²) in [4.78, 5) is 14.0. The van der Waals surface area contributed by atoms with E-state index in [1.807, 2.05) is 35.2 Å². The lowest BCUT2D eigenvalue weighted by atomic mass is 9.98. The second-order valence-electron chi connectivity index (χ2n) is 4.94. The van der Waals surface area contributed by atoms with Gasteiger partial charge in [-0.1, -0.05) is 30.3 Å². The summed E-state index contributed by atoms with van der Waals surface area (Å²) in [6.07, 6.45) is 0. The van der Waals surface area contributed by atoms with E-state index in [1.54, 1.807) is 0 Å². The van der Waals surface area contributed by atoms with Crippen molar-refractivity contribution in [2.75, 3.05) is 38.2 Å². The van der Waals surface area contributed by atoms with Crippen LogP contribution in [0.5, 0.6) is 0 Å². The molecule has 1 fully saturated rings. The summed E-state index contributed by atoms with van der Waals surface area (Å²) >= 11 is 0. The third kappa shape index (κ3) is 3.80. The Hall–Kier alpha value is -1.40. The molecule has 2 rings (SSSR count). The van der Waals surface area contributed by atoms with Gasteiger partial charge in [-0.25, -0.2) is 8.42 Å². The van der Waals surface area contributed by atoms with Crippen LogP contribution in [0.25, 0.3) is 0 Å². The molecule has 1 unspecified atom stereocenters. The molecule has 0 spiro atoms. The normalized spacial score (nSPS) is 20.2. The number of carbonyl (C=O) groups excluding carboxylic acids is 1. The second kappa shape index (κ2) is 6.37. The van der Waals surface area contributed by atoms with Gasteiger partial charge in [0.15, 0.2) is 9.84 Å². The van der Waals surface area contributed by atoms with E-state index in [0.29, 0.717) is 19.6 Å². The van der Waals surface area contributed by atoms with Crippen molar-refractivity contribution in [2.45, 2.75) is 5.92 Å². The van der Waals surface area contributed by atoms with Crippen molar-refractivity contribution in [3.63, 3.8) is 0 Å². The molecule has 1 atom stereocenters. The monoisotopic (exact) mass is 297 g/mol. The highest BCUT2D eigenvalue weighted by molar-refractivity contribution is 7.91. The van der Waals surface area contributed by atoms with Gasteiger partial charge in [0.2, 0.25) is 0 Å². The van der Waals surface area contributed by atoms with E-state index in [-0.39, 0.29) is 23.4 Å². The Morgan fingerprint density at radius 3 is 2.40 bits per heavy atom. The summed E-state index contributed by atoms with van der Waals surface area (Å²) in [5.41, 5.74) is 0.896. The predicted molar refractivity (Wildman–Crippen MR) is 76.3 cm³/mol. The van der Waals surface area contributed by atoms with Crippen LogP contribution in [-0.4, -0.2) is 57.5 Å². The minimum absolute atomic E-state index is 0.162. The first-order chi connectivity index (χ1) is 9.52. The van der Waals surface area contributed by atoms with Crippen LogP contribution in [-0.2, 0) is 19.4 Å². The van der Waals surface area contributed by atoms with Crippen molar-refractivity contribution < 1.29 is 17.9 Å². The summed E-state index contributed by atoms with van der Waals surface area (Å²) in [5, 5.41) is 0. The summed E-state index contributed by atoms with van der Waals surface area (Å²) < 4.78 is 27.7. The Bertz CT molecular complexity index is 542. The summed E-state index contributed by atoms with van der Waals surface area (Å²) in [6, 6.07) is 9.44. The number of hydrogen-bond donors (Lipinski definition) is 0. The number of carbonyl (C=O) groups is 1. The maximum atomic E-state index is 11.9. The fourth-order valence-electron chi connectivity index (χ4n) is 2.33. The first kappa shape index (κ1) is 15.0. The Morgan fingerprint density at radius 1 is 1.25 bits per heavy atom. The Balaban J connectivity index is 2.08. The van der Waals surface area contributed by atoms with Gasteiger partial charge in [0.25, 0.3) is 0 Å². The van der Waals surface area contributed by atoms with Gasteiger partial charge in [0, 0.05) is 19.6 Å². The van der Waals surface area contributed by atoms with Crippen molar-refractivity contribution in [1.29, 1.82) is 0 Å². The number of benzene rings is 1. The molecule has 6 heteroatoms. The number of esters is 1. The standard InChI is InChI=1S/C14H19NO4S/c1-19-14(16)13(12-5-3-2-4-6-12)11-15-7-9-20(17,18)10-8-15/h2-6,13H,7-11H2,1H3. The quantitative estimate of drug-likeness (QED) is 0.765. The molecule has 20 heavy (non-hydrogen) atoms. The SMILES string of the molecule is COC(=O)C(CN1CCS(=O)(=O)CC1)c1ccccc1. The van der Waals surface area contributed by atoms with E-state index in [1.165, 1.54) is 7.11 Å². The summed E-state index contributed by atoms with van der Waals surface area (Å²) in [5.74, 6) is -0.336. The average Bonchev–Trinajstić information content (AvgIpc) is 2.46. The molecule has 0 radical (unpaired) electrons. The zero-order chi connectivity index (χ0) is 14.6. The van der Waals surface area contributed by atoms with Gasteiger partial charge < -0.3 is 9.64 Å². The number of nitrogens with zero attached hydrogens (tertiary/aromatic N) is 1. The van der Waals surface area contributed by atoms with E-state index in [0.717, 1.165) is 5.56 Å². The summed E-state index contributed by atoms with van der Waals surface area (Å²) in [7, 11) is -1.53. The average molecular weight is 297 g/mol. The predicted octanol–water partition coefficient (Wildman–Crippen LogP) is 0.674. The second-order valence-corrected chi connectivity index (χ2v) is 7.24. The summed E-state index contributed by atoms with van der Waals surface area (Å²) in [6.45, 7) is 1.44. The smallest absolute Gasteiger partial charge is 0.314 e. The van der Waals surface area contributed by atoms with Gasteiger partial charge in [0.1, 0.15) is 0 Å². The number of hydrogen-bond acceptors (Lipinski definition) is 5. The van der Waals surface area contributed by atoms with Crippen LogP contribution in [0.2, 0.25) is 0 Å². The van der Waals surface area contributed by atoms with Crippen LogP contribution in [0.3, 0.4) is 0 Å². The molecule has 1 aliphatic heterocycles. The number of methoxy groups -OCH3 is 1. The van der Waals surface area contributed by atoms with Crippen LogP contribution in [0.1, 0.15) is 11.5 Å². The van der Waals surface area contributed by atoms with Crippen LogP contribution >= 0.6 is 0 Å². The Kier molecular flexibility index (Phi) is 4.77. The van der Waals surface area contributed by atoms with Crippen molar-refractivity contribution in [1.82, 2.24) is 4.90 Å². The van der Waals surface area contributed by atoms with Gasteiger partial charge in [-0.05, 0) is 5.56 Å². The van der Waals surface area contributed by atoms with Gasteiger partial charge in [-0.15, -0.1) is 0 Å². The molecule has 1 heterocycles. The Morgan fingerprint density at radius 2 is 1.85 bits per heavy atom. The van der Waals surface area contributed by atoms with Crippen LogP contribution < -0.4 is 0 Å². The topological polar surface area (TPSA) is 63.7 Å². The van der Waals surface area contributed by atoms with Gasteiger partial charge in [-0.2, -0.15) is 0 Å². The van der Waals surface area contributed by atoms with Crippen molar-refractivity contribution in [2.24, 2.45) is 0 Å². The lowest BCUT2D eigenvalue weighted by Gasteiger charge is -2.29. The van der Waals surface area contributed by atoms with Gasteiger partial charge in [-0.3, -0.25) is 4.79 Å². The molecule has 5 nitrogen and oxygen atoms in total. The molecular formula is C14H19NO4S. The fraction of sp³-hybridized carbons (Fsp3) is 0.500. The highest BCUT2D eigenvalue weighted by Gasteiger charge is 2.28. The maximum absolute atomic E-state index is 11.9. The molecule has 0 aromatic heterocycles. The fourth-order valence-corrected chi connectivity index (χ4v) is 3.61. The van der Waals surface area contributed by atoms with Gasteiger partial charge in [0.05, 0.1) is 24.5 Å². The highest BCUT2D eigenvalue weighted by Crippen LogP contribution is 2.19. The number of ether oxygens (including phenoxy) is 1. The Labute approximate surface area is 119 Å². The van der Waals surface area contributed by atoms with E-state index >= 15 is 0 Å². The lowest BCUT2D eigenvalue weighted by Crippen LogP contribution is -2.43. The minimum atomic E-state index is -2.90. The molecule has 110 valence electrons.